The van der Waals surface area contributed by atoms with Gasteiger partial charge in [0, 0.05) is 17.7 Å². The lowest BCUT2D eigenvalue weighted by Crippen LogP contribution is -2.57. The van der Waals surface area contributed by atoms with Gasteiger partial charge >= 0.3 is 5.97 Å². The zero-order valence-corrected chi connectivity index (χ0v) is 17.3. The van der Waals surface area contributed by atoms with Gasteiger partial charge < -0.3 is 20.3 Å². The molecule has 156 valence electrons. The van der Waals surface area contributed by atoms with Gasteiger partial charge in [0.05, 0.1) is 12.1 Å². The van der Waals surface area contributed by atoms with E-state index in [0.29, 0.717) is 37.0 Å². The molecule has 0 spiro atoms. The van der Waals surface area contributed by atoms with E-state index in [1.54, 1.807) is 6.08 Å². The molecule has 2 saturated heterocycles. The molecule has 2 aliphatic rings. The third kappa shape index (κ3) is 5.72. The number of hydrogen-bond acceptors (Lipinski definition) is 5. The van der Waals surface area contributed by atoms with Gasteiger partial charge in [-0.25, -0.2) is 4.79 Å². The first-order chi connectivity index (χ1) is 13.3. The number of rotatable bonds is 10. The van der Waals surface area contributed by atoms with Crippen LogP contribution in [0.5, 0.6) is 0 Å². The number of unbranched alkanes of at least 4 members (excludes halogenated alkanes) is 1. The van der Waals surface area contributed by atoms with Crippen LogP contribution in [0.4, 0.5) is 4.79 Å². The smallest absolute Gasteiger partial charge is 0.331 e. The molecular weight excluding hydrogens is 378 g/mol. The number of hydrogen-bond donors (Lipinski definition) is 3. The van der Waals surface area contributed by atoms with Crippen molar-refractivity contribution in [1.82, 2.24) is 5.32 Å². The lowest BCUT2D eigenvalue weighted by Gasteiger charge is -2.44. The third-order valence-electron chi connectivity index (χ3n) is 5.43. The number of allylic oxidation sites excluding steroid dienone is 3. The zero-order valence-electron chi connectivity index (χ0n) is 16.5. The van der Waals surface area contributed by atoms with Crippen LogP contribution in [-0.2, 0) is 9.53 Å². The number of carbonyl (C=O) groups is 2. The van der Waals surface area contributed by atoms with Crippen molar-refractivity contribution in [2.45, 2.75) is 69.8 Å². The second-order valence-corrected chi connectivity index (χ2v) is 8.56. The molecule has 1 amide bonds. The highest BCUT2D eigenvalue weighted by atomic mass is 32.2. The normalized spacial score (nSPS) is 31.1. The van der Waals surface area contributed by atoms with Crippen LogP contribution in [0, 0.1) is 5.92 Å². The predicted molar refractivity (Wildman–Crippen MR) is 111 cm³/mol. The van der Waals surface area contributed by atoms with Crippen molar-refractivity contribution in [1.29, 1.82) is 0 Å². The van der Waals surface area contributed by atoms with Crippen molar-refractivity contribution in [2.24, 2.45) is 5.92 Å². The average Bonchev–Trinajstić information content (AvgIpc) is 3.07. The average molecular weight is 410 g/mol. The maximum Gasteiger partial charge on any atom is 0.331 e. The first-order valence-corrected chi connectivity index (χ1v) is 10.8. The summed E-state index contributed by atoms with van der Waals surface area (Å²) in [6, 6.07) is -0.543. The van der Waals surface area contributed by atoms with Crippen LogP contribution in [0.15, 0.2) is 36.5 Å². The number of aliphatic carboxylic acids is 1. The first-order valence-electron chi connectivity index (χ1n) is 9.79. The molecule has 0 unspecified atom stereocenters. The maximum atomic E-state index is 12.1. The Morgan fingerprint density at radius 2 is 2.11 bits per heavy atom. The topological polar surface area (TPSA) is 95.9 Å². The Bertz CT molecular complexity index is 647. The lowest BCUT2D eigenvalue weighted by atomic mass is 9.79. The number of amides is 1. The van der Waals surface area contributed by atoms with Crippen molar-refractivity contribution in [3.8, 4) is 0 Å². The summed E-state index contributed by atoms with van der Waals surface area (Å²) < 4.78 is 6.04. The van der Waals surface area contributed by atoms with E-state index in [2.05, 4.69) is 18.5 Å². The van der Waals surface area contributed by atoms with Crippen LogP contribution in [-0.4, -0.2) is 45.1 Å². The summed E-state index contributed by atoms with van der Waals surface area (Å²) >= 11 is 1.11. The number of carboxylic acid groups (broad SMARTS) is 1. The van der Waals surface area contributed by atoms with Gasteiger partial charge in [-0.15, -0.1) is 13.2 Å². The van der Waals surface area contributed by atoms with Gasteiger partial charge in [0.25, 0.3) is 5.24 Å². The van der Waals surface area contributed by atoms with E-state index in [-0.39, 0.29) is 23.7 Å². The fraction of sp³-hybridized carbons (Fsp3) is 0.619. The molecule has 0 aromatic carbocycles. The molecule has 2 heterocycles. The Balaban J connectivity index is 2.29. The van der Waals surface area contributed by atoms with E-state index in [1.807, 2.05) is 13.0 Å². The summed E-state index contributed by atoms with van der Waals surface area (Å²) in [5.41, 5.74) is 1.16. The highest BCUT2D eigenvalue weighted by Crippen LogP contribution is 2.42. The minimum atomic E-state index is -1.57. The van der Waals surface area contributed by atoms with Crippen LogP contribution >= 0.6 is 11.8 Å². The molecule has 0 aromatic heterocycles. The quantitative estimate of drug-likeness (QED) is 0.287. The van der Waals surface area contributed by atoms with Crippen molar-refractivity contribution in [3.05, 3.63) is 36.5 Å². The third-order valence-corrected chi connectivity index (χ3v) is 6.31. The molecule has 0 radical (unpaired) electrons. The van der Waals surface area contributed by atoms with Gasteiger partial charge in [0.15, 0.2) is 5.79 Å². The summed E-state index contributed by atoms with van der Waals surface area (Å²) in [5, 5.41) is 23.7. The fourth-order valence-electron chi connectivity index (χ4n) is 4.04. The molecule has 0 aliphatic carbocycles. The Morgan fingerprint density at radius 1 is 1.39 bits per heavy atom. The maximum absolute atomic E-state index is 12.1. The molecule has 3 N–H and O–H groups in total. The molecule has 0 aromatic rings. The van der Waals surface area contributed by atoms with Gasteiger partial charge in [0.2, 0.25) is 0 Å². The number of nitrogens with one attached hydrogen (secondary N) is 1. The summed E-state index contributed by atoms with van der Waals surface area (Å²) in [6.07, 6.45) is 7.75. The molecule has 2 fully saturated rings. The zero-order chi connectivity index (χ0) is 20.7. The minimum absolute atomic E-state index is 0.156. The van der Waals surface area contributed by atoms with Crippen LogP contribution in [0.3, 0.4) is 0 Å². The van der Waals surface area contributed by atoms with E-state index in [1.165, 1.54) is 0 Å². The molecule has 2 aliphatic heterocycles. The molecule has 7 heteroatoms. The molecular formula is C21H31NO5S. The van der Waals surface area contributed by atoms with E-state index in [0.717, 1.165) is 30.2 Å². The van der Waals surface area contributed by atoms with Gasteiger partial charge in [-0.3, -0.25) is 4.79 Å². The number of carbonyl (C=O) groups excluding carboxylic acids is 1. The summed E-state index contributed by atoms with van der Waals surface area (Å²) in [7, 11) is 0. The van der Waals surface area contributed by atoms with Gasteiger partial charge in [-0.2, -0.15) is 0 Å². The van der Waals surface area contributed by atoms with Crippen LogP contribution < -0.4 is 5.32 Å². The molecule has 0 saturated carbocycles. The van der Waals surface area contributed by atoms with Gasteiger partial charge in [0.1, 0.15) is 0 Å². The van der Waals surface area contributed by atoms with Crippen molar-refractivity contribution in [2.75, 3.05) is 5.75 Å². The van der Waals surface area contributed by atoms with E-state index in [9.17, 15) is 19.8 Å². The Kier molecular flexibility index (Phi) is 8.34. The second kappa shape index (κ2) is 10.3. The van der Waals surface area contributed by atoms with Crippen molar-refractivity contribution in [3.63, 3.8) is 0 Å². The van der Waals surface area contributed by atoms with Gasteiger partial charge in [-0.1, -0.05) is 29.5 Å². The van der Waals surface area contributed by atoms with Crippen molar-refractivity contribution < 1.29 is 24.5 Å². The Hall–Kier alpha value is -1.57. The SMILES string of the molecule is C=CCCC[C@@H]1C[C@@H](C(C(=O)O)=C(C)CCC=C)C[C@](O)([C@@H]2CSC(=O)N2)O1. The monoisotopic (exact) mass is 409 g/mol. The summed E-state index contributed by atoms with van der Waals surface area (Å²) in [5.74, 6) is -2.45. The van der Waals surface area contributed by atoms with E-state index < -0.39 is 17.8 Å². The van der Waals surface area contributed by atoms with Crippen molar-refractivity contribution >= 4 is 23.0 Å². The Labute approximate surface area is 171 Å². The second-order valence-electron chi connectivity index (χ2n) is 7.56. The standard InChI is InChI=1S/C21H31NO5S/c1-4-6-8-10-16-11-15(18(19(23)24)14(3)9-7-5-2)12-21(26,27-16)17-13-28-20(25)22-17/h4-5,15-17,26H,1-2,6-13H2,3H3,(H,22,25)(H,23,24)/t15-,16-,17+,21-/m1/s1. The molecule has 4 atom stereocenters. The summed E-state index contributed by atoms with van der Waals surface area (Å²) in [4.78, 5) is 23.7. The largest absolute Gasteiger partial charge is 0.478 e. The molecule has 28 heavy (non-hydrogen) atoms. The van der Waals surface area contributed by atoms with Gasteiger partial charge in [-0.05, 0) is 51.4 Å². The molecule has 2 rings (SSSR count). The Morgan fingerprint density at radius 3 is 2.68 bits per heavy atom. The molecule has 0 bridgehead atoms. The van der Waals surface area contributed by atoms with E-state index >= 15 is 0 Å². The number of aliphatic hydroxyl groups is 1. The predicted octanol–water partition coefficient (Wildman–Crippen LogP) is 4.02. The van der Waals surface area contributed by atoms with Crippen LogP contribution in [0.2, 0.25) is 0 Å². The number of ether oxygens (including phenoxy) is 1. The first kappa shape index (κ1) is 22.7. The number of thioether (sulfide) groups is 1. The lowest BCUT2D eigenvalue weighted by molar-refractivity contribution is -0.272. The highest BCUT2D eigenvalue weighted by molar-refractivity contribution is 8.14. The molecule has 6 nitrogen and oxygen atoms in total. The minimum Gasteiger partial charge on any atom is -0.478 e. The number of carboxylic acids is 1. The summed E-state index contributed by atoms with van der Waals surface area (Å²) in [6.45, 7) is 9.27. The van der Waals surface area contributed by atoms with Crippen LogP contribution in [0.25, 0.3) is 0 Å². The highest BCUT2D eigenvalue weighted by Gasteiger charge is 2.49. The fourth-order valence-corrected chi connectivity index (χ4v) is 4.92. The van der Waals surface area contributed by atoms with Crippen LogP contribution in [0.1, 0.15) is 51.9 Å². The van der Waals surface area contributed by atoms with E-state index in [4.69, 9.17) is 4.74 Å².